The SMILES string of the molecule is O=C(NC[C@@H](CCc1ccccc1)NCc1ccccc1)c1cccc2occc12. The third kappa shape index (κ3) is 5.16. The molecule has 0 saturated carbocycles. The van der Waals surface area contributed by atoms with Crippen molar-refractivity contribution in [3.8, 4) is 0 Å². The topological polar surface area (TPSA) is 54.3 Å². The summed E-state index contributed by atoms with van der Waals surface area (Å²) in [4.78, 5) is 12.8. The Morgan fingerprint density at radius 3 is 2.33 bits per heavy atom. The van der Waals surface area contributed by atoms with Crippen molar-refractivity contribution in [2.45, 2.75) is 25.4 Å². The van der Waals surface area contributed by atoms with Crippen molar-refractivity contribution < 1.29 is 9.21 Å². The first-order valence-corrected chi connectivity index (χ1v) is 10.4. The Hall–Kier alpha value is -3.37. The molecule has 152 valence electrons. The lowest BCUT2D eigenvalue weighted by Crippen LogP contribution is -2.41. The van der Waals surface area contributed by atoms with Crippen LogP contribution in [0.3, 0.4) is 0 Å². The average Bonchev–Trinajstić information content (AvgIpc) is 3.29. The van der Waals surface area contributed by atoms with Gasteiger partial charge in [-0.1, -0.05) is 66.7 Å². The molecule has 4 rings (SSSR count). The van der Waals surface area contributed by atoms with Crippen LogP contribution in [-0.4, -0.2) is 18.5 Å². The summed E-state index contributed by atoms with van der Waals surface area (Å²) in [5.41, 5.74) is 3.91. The molecule has 1 atom stereocenters. The minimum absolute atomic E-state index is 0.0757. The van der Waals surface area contributed by atoms with Gasteiger partial charge >= 0.3 is 0 Å². The Morgan fingerprint density at radius 1 is 0.833 bits per heavy atom. The molecule has 1 heterocycles. The van der Waals surface area contributed by atoms with Gasteiger partial charge in [0.1, 0.15) is 5.58 Å². The Balaban J connectivity index is 1.40. The molecule has 0 saturated heterocycles. The van der Waals surface area contributed by atoms with Crippen molar-refractivity contribution >= 4 is 16.9 Å². The fourth-order valence-corrected chi connectivity index (χ4v) is 3.62. The first kappa shape index (κ1) is 19.9. The van der Waals surface area contributed by atoms with Gasteiger partial charge in [-0.05, 0) is 42.2 Å². The summed E-state index contributed by atoms with van der Waals surface area (Å²) in [6.07, 6.45) is 3.51. The normalized spacial score (nSPS) is 12.0. The van der Waals surface area contributed by atoms with Crippen molar-refractivity contribution in [1.29, 1.82) is 0 Å². The quantitative estimate of drug-likeness (QED) is 0.419. The summed E-state index contributed by atoms with van der Waals surface area (Å²) in [6, 6.07) is 28.3. The number of rotatable bonds is 9. The van der Waals surface area contributed by atoms with Crippen LogP contribution in [0.2, 0.25) is 0 Å². The number of hydrogen-bond donors (Lipinski definition) is 2. The summed E-state index contributed by atoms with van der Waals surface area (Å²) < 4.78 is 5.42. The minimum Gasteiger partial charge on any atom is -0.464 e. The van der Waals surface area contributed by atoms with Crippen LogP contribution in [0.5, 0.6) is 0 Å². The molecular formula is C26H26N2O2. The monoisotopic (exact) mass is 398 g/mol. The van der Waals surface area contributed by atoms with Crippen molar-refractivity contribution in [3.63, 3.8) is 0 Å². The lowest BCUT2D eigenvalue weighted by atomic mass is 10.0. The third-order valence-electron chi connectivity index (χ3n) is 5.31. The van der Waals surface area contributed by atoms with E-state index in [1.54, 1.807) is 6.26 Å². The van der Waals surface area contributed by atoms with Crippen molar-refractivity contribution in [3.05, 3.63) is 108 Å². The summed E-state index contributed by atoms with van der Waals surface area (Å²) in [6.45, 7) is 1.33. The van der Waals surface area contributed by atoms with Gasteiger partial charge < -0.3 is 15.1 Å². The lowest BCUT2D eigenvalue weighted by molar-refractivity contribution is 0.0950. The Bertz CT molecular complexity index is 1030. The first-order chi connectivity index (χ1) is 14.8. The van der Waals surface area contributed by atoms with E-state index in [0.717, 1.165) is 30.4 Å². The van der Waals surface area contributed by atoms with Crippen LogP contribution in [0.15, 0.2) is 95.6 Å². The molecule has 4 nitrogen and oxygen atoms in total. The second-order valence-corrected chi connectivity index (χ2v) is 7.44. The van der Waals surface area contributed by atoms with E-state index < -0.39 is 0 Å². The predicted octanol–water partition coefficient (Wildman–Crippen LogP) is 4.95. The largest absolute Gasteiger partial charge is 0.464 e. The molecule has 0 fully saturated rings. The standard InChI is InChI=1S/C26H26N2O2/c29-26(24-12-7-13-25-23(24)16-17-30-25)28-19-22(15-14-20-8-3-1-4-9-20)27-18-21-10-5-2-6-11-21/h1-13,16-17,22,27H,14-15,18-19H2,(H,28,29)/t22-/m1/s1. The first-order valence-electron chi connectivity index (χ1n) is 10.4. The number of fused-ring (bicyclic) bond motifs is 1. The predicted molar refractivity (Wildman–Crippen MR) is 120 cm³/mol. The fraction of sp³-hybridized carbons (Fsp3) is 0.192. The average molecular weight is 399 g/mol. The van der Waals surface area contributed by atoms with Crippen LogP contribution in [0.1, 0.15) is 27.9 Å². The van der Waals surface area contributed by atoms with Gasteiger partial charge in [0.25, 0.3) is 5.91 Å². The Morgan fingerprint density at radius 2 is 1.57 bits per heavy atom. The zero-order valence-electron chi connectivity index (χ0n) is 16.9. The van der Waals surface area contributed by atoms with Gasteiger partial charge in [-0.25, -0.2) is 0 Å². The van der Waals surface area contributed by atoms with E-state index in [0.29, 0.717) is 12.1 Å². The van der Waals surface area contributed by atoms with E-state index in [1.807, 2.05) is 48.5 Å². The number of amides is 1. The number of benzene rings is 3. The highest BCUT2D eigenvalue weighted by Gasteiger charge is 2.14. The zero-order chi connectivity index (χ0) is 20.6. The minimum atomic E-state index is -0.0757. The highest BCUT2D eigenvalue weighted by Crippen LogP contribution is 2.19. The number of nitrogens with one attached hydrogen (secondary N) is 2. The number of carbonyl (C=O) groups excluding carboxylic acids is 1. The molecule has 0 radical (unpaired) electrons. The number of hydrogen-bond acceptors (Lipinski definition) is 3. The molecule has 30 heavy (non-hydrogen) atoms. The van der Waals surface area contributed by atoms with Crippen LogP contribution >= 0.6 is 0 Å². The van der Waals surface area contributed by atoms with Crippen LogP contribution < -0.4 is 10.6 Å². The van der Waals surface area contributed by atoms with Gasteiger partial charge in [0.05, 0.1) is 11.8 Å². The van der Waals surface area contributed by atoms with Gasteiger partial charge in [-0.15, -0.1) is 0 Å². The van der Waals surface area contributed by atoms with Gasteiger partial charge in [-0.2, -0.15) is 0 Å². The molecule has 0 aliphatic rings. The maximum absolute atomic E-state index is 12.8. The van der Waals surface area contributed by atoms with Crippen LogP contribution in [0, 0.1) is 0 Å². The maximum Gasteiger partial charge on any atom is 0.252 e. The second kappa shape index (κ2) is 9.90. The van der Waals surface area contributed by atoms with Gasteiger partial charge in [0.15, 0.2) is 0 Å². The van der Waals surface area contributed by atoms with Crippen LogP contribution in [-0.2, 0) is 13.0 Å². The number of carbonyl (C=O) groups is 1. The highest BCUT2D eigenvalue weighted by atomic mass is 16.3. The molecule has 0 bridgehead atoms. The van der Waals surface area contributed by atoms with E-state index in [1.165, 1.54) is 11.1 Å². The Labute approximate surface area is 176 Å². The molecule has 1 amide bonds. The molecule has 2 N–H and O–H groups in total. The highest BCUT2D eigenvalue weighted by molar-refractivity contribution is 6.05. The number of furan rings is 1. The molecule has 4 aromatic rings. The van der Waals surface area contributed by atoms with Crippen molar-refractivity contribution in [2.24, 2.45) is 0 Å². The molecule has 1 aromatic heterocycles. The smallest absolute Gasteiger partial charge is 0.252 e. The third-order valence-corrected chi connectivity index (χ3v) is 5.31. The van der Waals surface area contributed by atoms with E-state index >= 15 is 0 Å². The van der Waals surface area contributed by atoms with E-state index in [-0.39, 0.29) is 11.9 Å². The van der Waals surface area contributed by atoms with Crippen molar-refractivity contribution in [2.75, 3.05) is 6.54 Å². The molecule has 0 aliphatic heterocycles. The van der Waals surface area contributed by atoms with Crippen LogP contribution in [0.25, 0.3) is 11.0 Å². The van der Waals surface area contributed by atoms with E-state index in [9.17, 15) is 4.79 Å². The zero-order valence-corrected chi connectivity index (χ0v) is 16.9. The van der Waals surface area contributed by atoms with E-state index in [4.69, 9.17) is 4.42 Å². The summed E-state index contributed by atoms with van der Waals surface area (Å²) in [7, 11) is 0. The molecular weight excluding hydrogens is 372 g/mol. The molecule has 0 spiro atoms. The van der Waals surface area contributed by atoms with Crippen molar-refractivity contribution in [1.82, 2.24) is 10.6 Å². The fourth-order valence-electron chi connectivity index (χ4n) is 3.62. The molecule has 0 unspecified atom stereocenters. The van der Waals surface area contributed by atoms with Gasteiger partial charge in [-0.3, -0.25) is 4.79 Å². The van der Waals surface area contributed by atoms with Gasteiger partial charge in [0, 0.05) is 24.5 Å². The molecule has 4 heteroatoms. The van der Waals surface area contributed by atoms with E-state index in [2.05, 4.69) is 47.0 Å². The summed E-state index contributed by atoms with van der Waals surface area (Å²) >= 11 is 0. The Kier molecular flexibility index (Phi) is 6.58. The molecule has 0 aliphatic carbocycles. The van der Waals surface area contributed by atoms with Gasteiger partial charge in [0.2, 0.25) is 0 Å². The molecule has 3 aromatic carbocycles. The maximum atomic E-state index is 12.8. The second-order valence-electron chi connectivity index (χ2n) is 7.44. The summed E-state index contributed by atoms with van der Waals surface area (Å²) in [5, 5.41) is 7.56. The van der Waals surface area contributed by atoms with Crippen LogP contribution in [0.4, 0.5) is 0 Å². The summed E-state index contributed by atoms with van der Waals surface area (Å²) in [5.74, 6) is -0.0757. The lowest BCUT2D eigenvalue weighted by Gasteiger charge is -2.20. The number of aryl methyl sites for hydroxylation is 1.